The number of nitrogens with one attached hydrogen (secondary N) is 1. The molecule has 2 heteroatoms. The first-order valence-corrected chi connectivity index (χ1v) is 6.36. The number of nitrogens with zero attached hydrogens (tertiary/aromatic N) is 1. The van der Waals surface area contributed by atoms with E-state index in [1.807, 2.05) is 0 Å². The number of allylic oxidation sites excluding steroid dienone is 3. The summed E-state index contributed by atoms with van der Waals surface area (Å²) in [6, 6.07) is 0. The van der Waals surface area contributed by atoms with Crippen molar-refractivity contribution in [2.75, 3.05) is 20.6 Å². The van der Waals surface area contributed by atoms with Crippen LogP contribution in [0.15, 0.2) is 24.4 Å². The van der Waals surface area contributed by atoms with Crippen molar-refractivity contribution in [1.29, 1.82) is 0 Å². The zero-order valence-corrected chi connectivity index (χ0v) is 11.5. The van der Waals surface area contributed by atoms with Crippen LogP contribution in [0.5, 0.6) is 0 Å². The summed E-state index contributed by atoms with van der Waals surface area (Å²) in [6.45, 7) is 5.45. The number of H-pyrrole nitrogens is 1. The number of fused-ring (bicyclic) bond motifs is 1. The normalized spacial score (nSPS) is 13.0. The third kappa shape index (κ3) is 4.23. The van der Waals surface area contributed by atoms with Crippen LogP contribution >= 0.6 is 0 Å². The lowest BCUT2D eigenvalue weighted by Gasteiger charge is -2.00. The van der Waals surface area contributed by atoms with Crippen LogP contribution in [0.2, 0.25) is 0 Å². The van der Waals surface area contributed by atoms with Crippen LogP contribution in [0.4, 0.5) is 0 Å². The molecular weight excluding hydrogens is 208 g/mol. The molecule has 2 nitrogen and oxygen atoms in total. The van der Waals surface area contributed by atoms with Crippen molar-refractivity contribution in [2.24, 2.45) is 0 Å². The highest BCUT2D eigenvalue weighted by Crippen LogP contribution is 2.19. The first kappa shape index (κ1) is 13.8. The van der Waals surface area contributed by atoms with Gasteiger partial charge in [0.2, 0.25) is 0 Å². The SMILES string of the molecule is CCN(C)C.CCc1c[nH]c2c1C=CC=CC2. The Hall–Kier alpha value is -1.28. The smallest absolute Gasteiger partial charge is 0.0261 e. The Morgan fingerprint density at radius 2 is 1.94 bits per heavy atom. The predicted octanol–water partition coefficient (Wildman–Crippen LogP) is 3.27. The van der Waals surface area contributed by atoms with Crippen LogP contribution in [0, 0.1) is 0 Å². The highest BCUT2D eigenvalue weighted by atomic mass is 15.0. The quantitative estimate of drug-likeness (QED) is 0.829. The maximum atomic E-state index is 3.31. The van der Waals surface area contributed by atoms with E-state index in [-0.39, 0.29) is 0 Å². The molecule has 1 aromatic rings. The Labute approximate surface area is 105 Å². The summed E-state index contributed by atoms with van der Waals surface area (Å²) < 4.78 is 0. The predicted molar refractivity (Wildman–Crippen MR) is 76.3 cm³/mol. The van der Waals surface area contributed by atoms with E-state index in [9.17, 15) is 0 Å². The molecule has 0 saturated carbocycles. The van der Waals surface area contributed by atoms with Gasteiger partial charge in [0.25, 0.3) is 0 Å². The van der Waals surface area contributed by atoms with Gasteiger partial charge in [-0.05, 0) is 38.2 Å². The second-order valence-electron chi connectivity index (χ2n) is 4.45. The fourth-order valence-corrected chi connectivity index (χ4v) is 1.61. The molecule has 1 aromatic heterocycles. The van der Waals surface area contributed by atoms with Gasteiger partial charge in [0.15, 0.2) is 0 Å². The van der Waals surface area contributed by atoms with Crippen molar-refractivity contribution < 1.29 is 0 Å². The fourth-order valence-electron chi connectivity index (χ4n) is 1.61. The molecule has 0 aliphatic heterocycles. The number of hydrogen-bond donors (Lipinski definition) is 1. The molecule has 17 heavy (non-hydrogen) atoms. The van der Waals surface area contributed by atoms with Crippen LogP contribution in [0.3, 0.4) is 0 Å². The Kier molecular flexibility index (Phi) is 5.78. The third-order valence-electron chi connectivity index (χ3n) is 2.94. The second-order valence-corrected chi connectivity index (χ2v) is 4.45. The van der Waals surface area contributed by atoms with Crippen molar-refractivity contribution in [1.82, 2.24) is 9.88 Å². The van der Waals surface area contributed by atoms with E-state index in [1.54, 1.807) is 0 Å². The molecule has 0 spiro atoms. The molecule has 1 heterocycles. The van der Waals surface area contributed by atoms with Crippen molar-refractivity contribution >= 4 is 6.08 Å². The summed E-state index contributed by atoms with van der Waals surface area (Å²) in [5, 5.41) is 0. The first-order chi connectivity index (χ1) is 8.19. The molecule has 0 bridgehead atoms. The molecule has 0 amide bonds. The van der Waals surface area contributed by atoms with Gasteiger partial charge in [0.1, 0.15) is 0 Å². The summed E-state index contributed by atoms with van der Waals surface area (Å²) in [6.07, 6.45) is 12.8. The molecule has 0 saturated heterocycles. The summed E-state index contributed by atoms with van der Waals surface area (Å²) in [4.78, 5) is 5.44. The lowest BCUT2D eigenvalue weighted by Crippen LogP contribution is -2.08. The minimum absolute atomic E-state index is 1.03. The molecule has 0 aromatic carbocycles. The van der Waals surface area contributed by atoms with Crippen LogP contribution in [-0.4, -0.2) is 30.5 Å². The topological polar surface area (TPSA) is 19.0 Å². The maximum Gasteiger partial charge on any atom is 0.0261 e. The molecule has 0 unspecified atom stereocenters. The second kappa shape index (κ2) is 7.13. The largest absolute Gasteiger partial charge is 0.364 e. The van der Waals surface area contributed by atoms with Gasteiger partial charge in [-0.15, -0.1) is 0 Å². The Bertz CT molecular complexity index is 384. The van der Waals surface area contributed by atoms with Crippen LogP contribution in [-0.2, 0) is 12.8 Å². The average molecular weight is 232 g/mol. The average Bonchev–Trinajstić information content (AvgIpc) is 2.57. The van der Waals surface area contributed by atoms with Crippen molar-refractivity contribution in [2.45, 2.75) is 26.7 Å². The molecule has 0 radical (unpaired) electrons. The lowest BCUT2D eigenvalue weighted by molar-refractivity contribution is 0.434. The van der Waals surface area contributed by atoms with Gasteiger partial charge in [-0.1, -0.05) is 38.2 Å². The van der Waals surface area contributed by atoms with Crippen molar-refractivity contribution in [3.8, 4) is 0 Å². The summed E-state index contributed by atoms with van der Waals surface area (Å²) in [7, 11) is 4.11. The summed E-state index contributed by atoms with van der Waals surface area (Å²) in [5.41, 5.74) is 4.16. The minimum Gasteiger partial charge on any atom is -0.364 e. The van der Waals surface area contributed by atoms with E-state index in [4.69, 9.17) is 0 Å². The van der Waals surface area contributed by atoms with Crippen LogP contribution in [0.1, 0.15) is 30.7 Å². The van der Waals surface area contributed by atoms with Crippen molar-refractivity contribution in [3.05, 3.63) is 41.2 Å². The van der Waals surface area contributed by atoms with E-state index in [1.165, 1.54) is 16.8 Å². The van der Waals surface area contributed by atoms with E-state index < -0.39 is 0 Å². The number of rotatable bonds is 2. The van der Waals surface area contributed by atoms with E-state index in [2.05, 4.69) is 68.3 Å². The first-order valence-electron chi connectivity index (χ1n) is 6.36. The third-order valence-corrected chi connectivity index (χ3v) is 2.94. The van der Waals surface area contributed by atoms with E-state index >= 15 is 0 Å². The molecular formula is C15H24N2. The van der Waals surface area contributed by atoms with E-state index in [0.29, 0.717) is 0 Å². The number of aromatic amines is 1. The van der Waals surface area contributed by atoms with Gasteiger partial charge >= 0.3 is 0 Å². The van der Waals surface area contributed by atoms with Gasteiger partial charge in [-0.25, -0.2) is 0 Å². The number of aryl methyl sites for hydroxylation is 1. The maximum absolute atomic E-state index is 3.31. The highest BCUT2D eigenvalue weighted by molar-refractivity contribution is 5.59. The van der Waals surface area contributed by atoms with Gasteiger partial charge < -0.3 is 9.88 Å². The molecule has 1 aliphatic carbocycles. The van der Waals surface area contributed by atoms with Crippen molar-refractivity contribution in [3.63, 3.8) is 0 Å². The van der Waals surface area contributed by atoms with Gasteiger partial charge in [-0.2, -0.15) is 0 Å². The Morgan fingerprint density at radius 1 is 1.24 bits per heavy atom. The lowest BCUT2D eigenvalue weighted by atomic mass is 10.1. The number of hydrogen-bond acceptors (Lipinski definition) is 1. The van der Waals surface area contributed by atoms with Gasteiger partial charge in [0.05, 0.1) is 0 Å². The standard InChI is InChI=1S/C11H13N.C4H11N/c1-2-9-8-12-11-7-5-3-4-6-10(9)11;1-4-5(2)3/h3-6,8,12H,2,7H2,1H3;4H2,1-3H3. The van der Waals surface area contributed by atoms with Crippen LogP contribution < -0.4 is 0 Å². The molecule has 94 valence electrons. The monoisotopic (exact) mass is 232 g/mol. The number of aromatic nitrogens is 1. The summed E-state index contributed by atoms with van der Waals surface area (Å²) >= 11 is 0. The molecule has 0 fully saturated rings. The molecule has 1 aliphatic rings. The highest BCUT2D eigenvalue weighted by Gasteiger charge is 2.06. The molecule has 0 atom stereocenters. The molecule has 2 rings (SSSR count). The summed E-state index contributed by atoms with van der Waals surface area (Å²) in [5.74, 6) is 0. The van der Waals surface area contributed by atoms with E-state index in [0.717, 1.165) is 19.4 Å². The zero-order chi connectivity index (χ0) is 12.7. The minimum atomic E-state index is 1.03. The Morgan fingerprint density at radius 3 is 2.53 bits per heavy atom. The Balaban J connectivity index is 0.000000249. The fraction of sp³-hybridized carbons (Fsp3) is 0.467. The molecule has 1 N–H and O–H groups in total. The van der Waals surface area contributed by atoms with Crippen LogP contribution in [0.25, 0.3) is 6.08 Å². The van der Waals surface area contributed by atoms with Gasteiger partial charge in [0, 0.05) is 18.3 Å². The zero-order valence-electron chi connectivity index (χ0n) is 11.5. The van der Waals surface area contributed by atoms with Gasteiger partial charge in [-0.3, -0.25) is 0 Å².